The first-order valence-corrected chi connectivity index (χ1v) is 8.60. The van der Waals surface area contributed by atoms with Crippen LogP contribution in [0.15, 0.2) is 76.9 Å². The number of rotatable bonds is 3. The van der Waals surface area contributed by atoms with Crippen molar-refractivity contribution in [3.8, 4) is 11.3 Å². The fraction of sp³-hybridized carbons (Fsp3) is 0.0500. The minimum atomic E-state index is 0.0509. The minimum Gasteiger partial charge on any atom is -0.399 e. The SMILES string of the molecule is Nc1ccc(Cn2c(-c3ccc4ccccc4c3)csc2=O)cc1. The molecule has 0 bridgehead atoms. The van der Waals surface area contributed by atoms with E-state index in [1.807, 2.05) is 46.3 Å². The van der Waals surface area contributed by atoms with E-state index >= 15 is 0 Å². The van der Waals surface area contributed by atoms with Crippen molar-refractivity contribution in [2.45, 2.75) is 6.54 Å². The number of fused-ring (bicyclic) bond motifs is 1. The predicted octanol–water partition coefficient (Wildman–Crippen LogP) is 4.36. The van der Waals surface area contributed by atoms with Crippen LogP contribution in [0.4, 0.5) is 5.69 Å². The summed E-state index contributed by atoms with van der Waals surface area (Å²) in [5, 5.41) is 4.31. The van der Waals surface area contributed by atoms with Crippen molar-refractivity contribution in [3.63, 3.8) is 0 Å². The second-order valence-corrected chi connectivity index (χ2v) is 6.60. The van der Waals surface area contributed by atoms with Crippen molar-refractivity contribution in [2.24, 2.45) is 0 Å². The highest BCUT2D eigenvalue weighted by Crippen LogP contribution is 2.25. The lowest BCUT2D eigenvalue weighted by Gasteiger charge is -2.09. The van der Waals surface area contributed by atoms with E-state index in [1.54, 1.807) is 0 Å². The standard InChI is InChI=1S/C20H16N2OS/c21-18-9-5-14(6-10-18)12-22-19(13-24-20(22)23)17-8-7-15-3-1-2-4-16(15)11-17/h1-11,13H,12,21H2. The van der Waals surface area contributed by atoms with Gasteiger partial charge in [0, 0.05) is 11.1 Å². The van der Waals surface area contributed by atoms with Crippen molar-refractivity contribution in [1.29, 1.82) is 0 Å². The van der Waals surface area contributed by atoms with Crippen molar-refractivity contribution in [1.82, 2.24) is 4.57 Å². The quantitative estimate of drug-likeness (QED) is 0.567. The highest BCUT2D eigenvalue weighted by Gasteiger charge is 2.10. The van der Waals surface area contributed by atoms with Gasteiger partial charge in [-0.2, -0.15) is 0 Å². The van der Waals surface area contributed by atoms with E-state index in [9.17, 15) is 4.79 Å². The maximum absolute atomic E-state index is 12.3. The van der Waals surface area contributed by atoms with Crippen LogP contribution in [-0.2, 0) is 6.54 Å². The van der Waals surface area contributed by atoms with Gasteiger partial charge in [-0.1, -0.05) is 59.9 Å². The zero-order valence-corrected chi connectivity index (χ0v) is 13.8. The maximum Gasteiger partial charge on any atom is 0.307 e. The lowest BCUT2D eigenvalue weighted by molar-refractivity contribution is 0.793. The molecule has 24 heavy (non-hydrogen) atoms. The molecule has 1 heterocycles. The topological polar surface area (TPSA) is 48.0 Å². The Morgan fingerprint density at radius 2 is 1.67 bits per heavy atom. The normalized spacial score (nSPS) is 11.0. The summed E-state index contributed by atoms with van der Waals surface area (Å²) >= 11 is 1.24. The Labute approximate surface area is 143 Å². The smallest absolute Gasteiger partial charge is 0.307 e. The number of nitrogen functional groups attached to an aromatic ring is 1. The molecule has 4 heteroatoms. The van der Waals surface area contributed by atoms with Crippen LogP contribution in [0.25, 0.3) is 22.0 Å². The Kier molecular flexibility index (Phi) is 3.67. The Morgan fingerprint density at radius 1 is 0.917 bits per heavy atom. The van der Waals surface area contributed by atoms with Crippen molar-refractivity contribution in [3.05, 3.63) is 87.3 Å². The average Bonchev–Trinajstić information content (AvgIpc) is 2.97. The zero-order valence-electron chi connectivity index (χ0n) is 13.0. The summed E-state index contributed by atoms with van der Waals surface area (Å²) in [4.78, 5) is 12.4. The van der Waals surface area contributed by atoms with Gasteiger partial charge < -0.3 is 5.73 Å². The summed E-state index contributed by atoms with van der Waals surface area (Å²) in [5.41, 5.74) is 9.54. The molecule has 0 unspecified atom stereocenters. The zero-order chi connectivity index (χ0) is 16.5. The number of hydrogen-bond donors (Lipinski definition) is 1. The lowest BCUT2D eigenvalue weighted by Crippen LogP contribution is -2.15. The molecule has 0 radical (unpaired) electrons. The molecule has 0 amide bonds. The van der Waals surface area contributed by atoms with Crippen molar-refractivity contribution >= 4 is 27.8 Å². The maximum atomic E-state index is 12.3. The number of hydrogen-bond acceptors (Lipinski definition) is 3. The van der Waals surface area contributed by atoms with Crippen LogP contribution in [0.3, 0.4) is 0 Å². The van der Waals surface area contributed by atoms with E-state index in [0.29, 0.717) is 6.54 Å². The Balaban J connectivity index is 1.78. The minimum absolute atomic E-state index is 0.0509. The third kappa shape index (κ3) is 2.72. The Bertz CT molecular complexity index is 1060. The number of benzene rings is 3. The molecule has 4 aromatic rings. The molecule has 3 aromatic carbocycles. The molecule has 0 aliphatic carbocycles. The second kappa shape index (κ2) is 5.98. The van der Waals surface area contributed by atoms with Crippen LogP contribution in [0.5, 0.6) is 0 Å². The summed E-state index contributed by atoms with van der Waals surface area (Å²) in [6.07, 6.45) is 0. The summed E-state index contributed by atoms with van der Waals surface area (Å²) in [6.45, 7) is 0.546. The van der Waals surface area contributed by atoms with Gasteiger partial charge in [0.1, 0.15) is 0 Å². The Hall–Kier alpha value is -2.85. The molecule has 3 nitrogen and oxygen atoms in total. The fourth-order valence-corrected chi connectivity index (χ4v) is 3.63. The third-order valence-corrected chi connectivity index (χ3v) is 4.91. The van der Waals surface area contributed by atoms with Gasteiger partial charge in [0.25, 0.3) is 0 Å². The summed E-state index contributed by atoms with van der Waals surface area (Å²) in [6, 6.07) is 22.2. The van der Waals surface area contributed by atoms with Gasteiger partial charge in [-0.25, -0.2) is 0 Å². The molecule has 2 N–H and O–H groups in total. The van der Waals surface area contributed by atoms with E-state index in [0.717, 1.165) is 22.5 Å². The number of anilines is 1. The molecule has 0 aliphatic heterocycles. The van der Waals surface area contributed by atoms with Crippen LogP contribution in [0, 0.1) is 0 Å². The van der Waals surface area contributed by atoms with Gasteiger partial charge in [0.05, 0.1) is 12.2 Å². The molecule has 0 saturated heterocycles. The molecule has 0 spiro atoms. The fourth-order valence-electron chi connectivity index (χ4n) is 2.86. The van der Waals surface area contributed by atoms with Gasteiger partial charge in [-0.05, 0) is 40.1 Å². The summed E-state index contributed by atoms with van der Waals surface area (Å²) in [7, 11) is 0. The number of thiazole rings is 1. The van der Waals surface area contributed by atoms with Crippen molar-refractivity contribution < 1.29 is 0 Å². The van der Waals surface area contributed by atoms with E-state index in [-0.39, 0.29) is 4.87 Å². The van der Waals surface area contributed by atoms with E-state index in [1.165, 1.54) is 22.1 Å². The summed E-state index contributed by atoms with van der Waals surface area (Å²) < 4.78 is 1.82. The lowest BCUT2D eigenvalue weighted by atomic mass is 10.1. The van der Waals surface area contributed by atoms with Crippen molar-refractivity contribution in [2.75, 3.05) is 5.73 Å². The molecular weight excluding hydrogens is 316 g/mol. The molecule has 0 saturated carbocycles. The van der Waals surface area contributed by atoms with Crippen LogP contribution >= 0.6 is 11.3 Å². The number of nitrogens with zero attached hydrogens (tertiary/aromatic N) is 1. The first kappa shape index (κ1) is 14.7. The highest BCUT2D eigenvalue weighted by atomic mass is 32.1. The summed E-state index contributed by atoms with van der Waals surface area (Å²) in [5.74, 6) is 0. The predicted molar refractivity (Wildman–Crippen MR) is 101 cm³/mol. The van der Waals surface area contributed by atoms with E-state index < -0.39 is 0 Å². The second-order valence-electron chi connectivity index (χ2n) is 5.78. The van der Waals surface area contributed by atoms with Gasteiger partial charge in [0.15, 0.2) is 0 Å². The van der Waals surface area contributed by atoms with Gasteiger partial charge in [-0.3, -0.25) is 9.36 Å². The van der Waals surface area contributed by atoms with Gasteiger partial charge in [-0.15, -0.1) is 0 Å². The first-order valence-electron chi connectivity index (χ1n) is 7.73. The molecule has 0 atom stereocenters. The largest absolute Gasteiger partial charge is 0.399 e. The van der Waals surface area contributed by atoms with Crippen LogP contribution < -0.4 is 10.6 Å². The van der Waals surface area contributed by atoms with Crippen LogP contribution in [0.2, 0.25) is 0 Å². The van der Waals surface area contributed by atoms with Crippen LogP contribution in [-0.4, -0.2) is 4.57 Å². The number of nitrogens with two attached hydrogens (primary N) is 1. The van der Waals surface area contributed by atoms with Crippen LogP contribution in [0.1, 0.15) is 5.56 Å². The molecule has 4 rings (SSSR count). The highest BCUT2D eigenvalue weighted by molar-refractivity contribution is 7.07. The monoisotopic (exact) mass is 332 g/mol. The van der Waals surface area contributed by atoms with Gasteiger partial charge >= 0.3 is 4.87 Å². The molecular formula is C20H16N2OS. The molecule has 1 aromatic heterocycles. The first-order chi connectivity index (χ1) is 11.7. The van der Waals surface area contributed by atoms with E-state index in [4.69, 9.17) is 5.73 Å². The van der Waals surface area contributed by atoms with Gasteiger partial charge in [0.2, 0.25) is 0 Å². The third-order valence-electron chi connectivity index (χ3n) is 4.15. The number of aromatic nitrogens is 1. The molecule has 118 valence electrons. The Morgan fingerprint density at radius 3 is 2.46 bits per heavy atom. The molecule has 0 aliphatic rings. The average molecular weight is 332 g/mol. The molecule has 0 fully saturated rings. The van der Waals surface area contributed by atoms with E-state index in [2.05, 4.69) is 30.3 Å².